The van der Waals surface area contributed by atoms with Crippen LogP contribution in [0.5, 0.6) is 0 Å². The zero-order valence-corrected chi connectivity index (χ0v) is 7.45. The van der Waals surface area contributed by atoms with Gasteiger partial charge in [-0.05, 0) is 6.92 Å². The molecule has 0 radical (unpaired) electrons. The maximum atomic E-state index is 5.32. The molecule has 1 aromatic heterocycles. The van der Waals surface area contributed by atoms with Gasteiger partial charge in [0.1, 0.15) is 0 Å². The van der Waals surface area contributed by atoms with Gasteiger partial charge in [0.2, 0.25) is 0 Å². The number of hydrogen-bond donors (Lipinski definition) is 2. The van der Waals surface area contributed by atoms with Crippen molar-refractivity contribution >= 4 is 11.3 Å². The van der Waals surface area contributed by atoms with E-state index in [1.807, 2.05) is 6.92 Å². The Labute approximate surface area is 70.6 Å². The quantitative estimate of drug-likeness (QED) is 0.649. The summed E-state index contributed by atoms with van der Waals surface area (Å²) < 4.78 is 0. The molecule has 0 aliphatic heterocycles. The second kappa shape index (κ2) is 4.43. The van der Waals surface area contributed by atoms with Crippen molar-refractivity contribution < 1.29 is 0 Å². The van der Waals surface area contributed by atoms with Crippen LogP contribution in [-0.4, -0.2) is 18.1 Å². The van der Waals surface area contributed by atoms with Crippen LogP contribution in [0.3, 0.4) is 0 Å². The number of thiazole rings is 1. The van der Waals surface area contributed by atoms with Crippen LogP contribution in [0.15, 0.2) is 5.38 Å². The Morgan fingerprint density at radius 3 is 3.09 bits per heavy atom. The van der Waals surface area contributed by atoms with E-state index in [2.05, 4.69) is 15.7 Å². The molecule has 0 aliphatic carbocycles. The van der Waals surface area contributed by atoms with Crippen molar-refractivity contribution in [2.24, 2.45) is 5.73 Å². The van der Waals surface area contributed by atoms with Crippen LogP contribution in [0.2, 0.25) is 0 Å². The maximum Gasteiger partial charge on any atom is 0.0897 e. The number of nitrogens with one attached hydrogen (secondary N) is 1. The van der Waals surface area contributed by atoms with Crippen molar-refractivity contribution in [2.45, 2.75) is 13.5 Å². The Bertz CT molecular complexity index is 209. The Kier molecular flexibility index (Phi) is 3.48. The molecule has 1 aromatic rings. The molecule has 0 fully saturated rings. The predicted octanol–water partition coefficient (Wildman–Crippen LogP) is 0.500. The molecule has 0 saturated carbocycles. The van der Waals surface area contributed by atoms with Gasteiger partial charge < -0.3 is 11.1 Å². The van der Waals surface area contributed by atoms with Gasteiger partial charge in [-0.15, -0.1) is 11.3 Å². The van der Waals surface area contributed by atoms with Gasteiger partial charge in [-0.3, -0.25) is 0 Å². The van der Waals surface area contributed by atoms with Crippen LogP contribution >= 0.6 is 11.3 Å². The summed E-state index contributed by atoms with van der Waals surface area (Å²) in [5, 5.41) is 6.37. The molecule has 0 atom stereocenters. The molecule has 62 valence electrons. The molecule has 0 aromatic carbocycles. The van der Waals surface area contributed by atoms with Crippen molar-refractivity contribution in [2.75, 3.05) is 13.1 Å². The van der Waals surface area contributed by atoms with Crippen molar-refractivity contribution in [3.8, 4) is 0 Å². The Morgan fingerprint density at radius 2 is 2.55 bits per heavy atom. The zero-order valence-electron chi connectivity index (χ0n) is 6.63. The first-order chi connectivity index (χ1) is 5.33. The van der Waals surface area contributed by atoms with Crippen molar-refractivity contribution in [3.63, 3.8) is 0 Å². The van der Waals surface area contributed by atoms with Gasteiger partial charge in [0.15, 0.2) is 0 Å². The molecule has 0 saturated heterocycles. The number of nitrogens with zero attached hydrogens (tertiary/aromatic N) is 1. The molecule has 11 heavy (non-hydrogen) atoms. The third kappa shape index (κ3) is 2.96. The second-order valence-corrected chi connectivity index (χ2v) is 3.39. The molecular weight excluding hydrogens is 158 g/mol. The van der Waals surface area contributed by atoms with Crippen LogP contribution in [0, 0.1) is 6.92 Å². The number of nitrogens with two attached hydrogens (primary N) is 1. The molecule has 1 rings (SSSR count). The average Bonchev–Trinajstić information content (AvgIpc) is 2.37. The molecule has 0 spiro atoms. The minimum atomic E-state index is 0.684. The standard InChI is InChI=1S/C7H13N3S/c1-6-10-7(5-11-6)4-9-3-2-8/h5,9H,2-4,8H2,1H3. The lowest BCUT2D eigenvalue weighted by molar-refractivity contribution is 0.684. The van der Waals surface area contributed by atoms with Crippen LogP contribution < -0.4 is 11.1 Å². The molecular formula is C7H13N3S. The van der Waals surface area contributed by atoms with Crippen LogP contribution in [0.25, 0.3) is 0 Å². The summed E-state index contributed by atoms with van der Waals surface area (Å²) in [5.74, 6) is 0. The Morgan fingerprint density at radius 1 is 1.73 bits per heavy atom. The Hall–Kier alpha value is -0.450. The Balaban J connectivity index is 2.27. The molecule has 3 N–H and O–H groups in total. The fourth-order valence-corrected chi connectivity index (χ4v) is 1.42. The third-order valence-corrected chi connectivity index (χ3v) is 2.12. The van der Waals surface area contributed by atoms with E-state index in [1.165, 1.54) is 0 Å². The first kappa shape index (κ1) is 8.64. The summed E-state index contributed by atoms with van der Waals surface area (Å²) in [6.07, 6.45) is 0. The summed E-state index contributed by atoms with van der Waals surface area (Å²) in [4.78, 5) is 4.30. The van der Waals surface area contributed by atoms with Gasteiger partial charge >= 0.3 is 0 Å². The summed E-state index contributed by atoms with van der Waals surface area (Å²) in [6.45, 7) is 4.39. The minimum Gasteiger partial charge on any atom is -0.329 e. The largest absolute Gasteiger partial charge is 0.329 e. The van der Waals surface area contributed by atoms with Gasteiger partial charge in [0.05, 0.1) is 10.7 Å². The lowest BCUT2D eigenvalue weighted by atomic mass is 10.5. The minimum absolute atomic E-state index is 0.684. The molecule has 4 heteroatoms. The van der Waals surface area contributed by atoms with E-state index in [4.69, 9.17) is 5.73 Å². The monoisotopic (exact) mass is 171 g/mol. The highest BCUT2D eigenvalue weighted by Crippen LogP contribution is 2.06. The second-order valence-electron chi connectivity index (χ2n) is 2.32. The molecule has 0 amide bonds. The summed E-state index contributed by atoms with van der Waals surface area (Å²) in [7, 11) is 0. The predicted molar refractivity (Wildman–Crippen MR) is 47.6 cm³/mol. The summed E-state index contributed by atoms with van der Waals surface area (Å²) in [5.41, 5.74) is 6.43. The van der Waals surface area contributed by atoms with E-state index in [1.54, 1.807) is 11.3 Å². The van der Waals surface area contributed by atoms with Gasteiger partial charge in [0, 0.05) is 25.0 Å². The van der Waals surface area contributed by atoms with E-state index in [0.717, 1.165) is 23.8 Å². The van der Waals surface area contributed by atoms with Crippen LogP contribution in [0.1, 0.15) is 10.7 Å². The number of aromatic nitrogens is 1. The topological polar surface area (TPSA) is 50.9 Å². The highest BCUT2D eigenvalue weighted by molar-refractivity contribution is 7.09. The van der Waals surface area contributed by atoms with Crippen LogP contribution in [0.4, 0.5) is 0 Å². The van der Waals surface area contributed by atoms with Crippen molar-refractivity contribution in [1.82, 2.24) is 10.3 Å². The van der Waals surface area contributed by atoms with Crippen molar-refractivity contribution in [1.29, 1.82) is 0 Å². The fraction of sp³-hybridized carbons (Fsp3) is 0.571. The third-order valence-electron chi connectivity index (χ3n) is 1.29. The summed E-state index contributed by atoms with van der Waals surface area (Å²) >= 11 is 1.68. The number of hydrogen-bond acceptors (Lipinski definition) is 4. The SMILES string of the molecule is Cc1nc(CNCCN)cs1. The van der Waals surface area contributed by atoms with Gasteiger partial charge in [-0.2, -0.15) is 0 Å². The maximum absolute atomic E-state index is 5.32. The van der Waals surface area contributed by atoms with E-state index in [0.29, 0.717) is 6.54 Å². The average molecular weight is 171 g/mol. The fourth-order valence-electron chi connectivity index (χ4n) is 0.808. The normalized spacial score (nSPS) is 10.4. The highest BCUT2D eigenvalue weighted by atomic mass is 32.1. The first-order valence-corrected chi connectivity index (χ1v) is 4.52. The van der Waals surface area contributed by atoms with Gasteiger partial charge in [0.25, 0.3) is 0 Å². The molecule has 0 unspecified atom stereocenters. The molecule has 0 aliphatic rings. The lowest BCUT2D eigenvalue weighted by Gasteiger charge is -1.97. The molecule has 1 heterocycles. The highest BCUT2D eigenvalue weighted by Gasteiger charge is 1.95. The van der Waals surface area contributed by atoms with Gasteiger partial charge in [-0.25, -0.2) is 4.98 Å². The molecule has 0 bridgehead atoms. The lowest BCUT2D eigenvalue weighted by Crippen LogP contribution is -2.21. The first-order valence-electron chi connectivity index (χ1n) is 3.64. The van der Waals surface area contributed by atoms with Crippen LogP contribution in [-0.2, 0) is 6.54 Å². The van der Waals surface area contributed by atoms with E-state index in [9.17, 15) is 0 Å². The number of rotatable bonds is 4. The smallest absolute Gasteiger partial charge is 0.0897 e. The van der Waals surface area contributed by atoms with Crippen molar-refractivity contribution in [3.05, 3.63) is 16.1 Å². The van der Waals surface area contributed by atoms with Gasteiger partial charge in [-0.1, -0.05) is 0 Å². The molecule has 3 nitrogen and oxygen atoms in total. The van der Waals surface area contributed by atoms with E-state index in [-0.39, 0.29) is 0 Å². The number of aryl methyl sites for hydroxylation is 1. The zero-order chi connectivity index (χ0) is 8.10. The van der Waals surface area contributed by atoms with E-state index < -0.39 is 0 Å². The summed E-state index contributed by atoms with van der Waals surface area (Å²) in [6, 6.07) is 0. The van der Waals surface area contributed by atoms with E-state index >= 15 is 0 Å².